The first kappa shape index (κ1) is 21.1. The van der Waals surface area contributed by atoms with Crippen molar-refractivity contribution in [2.75, 3.05) is 18.1 Å². The molecule has 0 aliphatic carbocycles. The summed E-state index contributed by atoms with van der Waals surface area (Å²) in [5.41, 5.74) is 0. The van der Waals surface area contributed by atoms with Crippen LogP contribution in [0, 0.1) is 0 Å². The van der Waals surface area contributed by atoms with Crippen LogP contribution in [0.25, 0.3) is 0 Å². The third kappa shape index (κ3) is 7.19. The zero-order valence-electron chi connectivity index (χ0n) is 13.9. The number of phenolic OH excluding ortho intramolecular Hbond substituents is 2. The molecule has 0 spiro atoms. The van der Waals surface area contributed by atoms with Crippen LogP contribution in [0.15, 0.2) is 46.2 Å². The Labute approximate surface area is 171 Å². The summed E-state index contributed by atoms with van der Waals surface area (Å²) in [6.45, 7) is 0.618. The Hall–Kier alpha value is -1.21. The van der Waals surface area contributed by atoms with Crippen molar-refractivity contribution < 1.29 is 15.0 Å². The van der Waals surface area contributed by atoms with Crippen LogP contribution in [0.1, 0.15) is 12.8 Å². The molecule has 0 radical (unpaired) electrons. The van der Waals surface area contributed by atoms with E-state index in [1.54, 1.807) is 42.1 Å². The third-order valence-corrected chi connectivity index (χ3v) is 6.03. The molecule has 0 saturated carbocycles. The highest BCUT2D eigenvalue weighted by Gasteiger charge is 2.05. The van der Waals surface area contributed by atoms with Crippen LogP contribution in [-0.2, 0) is 4.79 Å². The number of thioether (sulfide) groups is 2. The Morgan fingerprint density at radius 1 is 0.923 bits per heavy atom. The molecular weight excluding hydrogens is 413 g/mol. The number of carbonyl (C=O) groups excluding carboxylic acids is 1. The quantitative estimate of drug-likeness (QED) is 0.376. The van der Waals surface area contributed by atoms with E-state index >= 15 is 0 Å². The summed E-state index contributed by atoms with van der Waals surface area (Å²) in [5, 5.41) is 22.3. The minimum Gasteiger partial charge on any atom is -0.506 e. The van der Waals surface area contributed by atoms with Gasteiger partial charge in [0.1, 0.15) is 11.5 Å². The second-order valence-corrected chi connectivity index (χ2v) is 8.53. The van der Waals surface area contributed by atoms with Crippen LogP contribution in [0.3, 0.4) is 0 Å². The summed E-state index contributed by atoms with van der Waals surface area (Å²) in [6, 6.07) is 10.1. The third-order valence-electron chi connectivity index (χ3n) is 3.35. The van der Waals surface area contributed by atoms with E-state index in [0.29, 0.717) is 28.8 Å². The zero-order chi connectivity index (χ0) is 18.9. The Morgan fingerprint density at radius 3 is 2.00 bits per heavy atom. The summed E-state index contributed by atoms with van der Waals surface area (Å²) in [4.78, 5) is 13.7. The molecule has 3 N–H and O–H groups in total. The highest BCUT2D eigenvalue weighted by atomic mass is 35.5. The van der Waals surface area contributed by atoms with Gasteiger partial charge in [-0.1, -0.05) is 23.2 Å². The Balaban J connectivity index is 1.57. The largest absolute Gasteiger partial charge is 0.506 e. The molecule has 26 heavy (non-hydrogen) atoms. The fourth-order valence-corrected chi connectivity index (χ4v) is 4.26. The molecule has 0 aliphatic rings. The number of phenols is 2. The number of halogens is 2. The van der Waals surface area contributed by atoms with E-state index in [1.807, 2.05) is 6.07 Å². The molecule has 1 amide bonds. The van der Waals surface area contributed by atoms with E-state index in [-0.39, 0.29) is 17.4 Å². The highest BCUT2D eigenvalue weighted by Crippen LogP contribution is 2.30. The fraction of sp³-hybridized carbons (Fsp3) is 0.278. The van der Waals surface area contributed by atoms with Crippen LogP contribution >= 0.6 is 46.7 Å². The van der Waals surface area contributed by atoms with E-state index in [2.05, 4.69) is 5.32 Å². The first-order valence-electron chi connectivity index (χ1n) is 7.95. The van der Waals surface area contributed by atoms with Crippen molar-refractivity contribution in [2.24, 2.45) is 0 Å². The normalized spacial score (nSPS) is 10.7. The second-order valence-electron chi connectivity index (χ2n) is 5.38. The molecular formula is C18H19Cl2NO3S2. The number of nitrogens with one attached hydrogen (secondary N) is 1. The summed E-state index contributed by atoms with van der Waals surface area (Å²) < 4.78 is 0. The van der Waals surface area contributed by atoms with Crippen LogP contribution < -0.4 is 5.32 Å². The van der Waals surface area contributed by atoms with Gasteiger partial charge in [0.25, 0.3) is 0 Å². The summed E-state index contributed by atoms with van der Waals surface area (Å²) in [5.74, 6) is 1.65. The molecule has 0 bridgehead atoms. The van der Waals surface area contributed by atoms with Crippen molar-refractivity contribution in [2.45, 2.75) is 22.6 Å². The monoisotopic (exact) mass is 431 g/mol. The molecule has 2 aromatic rings. The van der Waals surface area contributed by atoms with E-state index in [0.717, 1.165) is 22.0 Å². The minimum atomic E-state index is 0.0139. The molecule has 0 aliphatic heterocycles. The topological polar surface area (TPSA) is 69.6 Å². The van der Waals surface area contributed by atoms with Gasteiger partial charge in [0.2, 0.25) is 5.91 Å². The molecule has 0 aromatic heterocycles. The predicted octanol–water partition coefficient (Wildman–Crippen LogP) is 5.19. The number of benzene rings is 2. The van der Waals surface area contributed by atoms with Crippen molar-refractivity contribution in [3.63, 3.8) is 0 Å². The van der Waals surface area contributed by atoms with Gasteiger partial charge in [0.05, 0.1) is 10.0 Å². The Bertz CT molecular complexity index is 759. The first-order valence-corrected chi connectivity index (χ1v) is 10.7. The van der Waals surface area contributed by atoms with Gasteiger partial charge in [0.15, 0.2) is 0 Å². The lowest BCUT2D eigenvalue weighted by Gasteiger charge is -2.06. The molecule has 2 aromatic carbocycles. The minimum absolute atomic E-state index is 0.0139. The van der Waals surface area contributed by atoms with Crippen LogP contribution in [0.4, 0.5) is 0 Å². The fourth-order valence-electron chi connectivity index (χ4n) is 1.99. The Kier molecular flexibility index (Phi) is 8.78. The number of hydrogen-bond acceptors (Lipinski definition) is 5. The van der Waals surface area contributed by atoms with Gasteiger partial charge in [-0.05, 0) is 48.6 Å². The van der Waals surface area contributed by atoms with Gasteiger partial charge in [-0.15, -0.1) is 23.5 Å². The second kappa shape index (κ2) is 10.8. The van der Waals surface area contributed by atoms with E-state index in [1.165, 1.54) is 11.8 Å². The van der Waals surface area contributed by atoms with Gasteiger partial charge in [0, 0.05) is 28.5 Å². The molecule has 4 nitrogen and oxygen atoms in total. The average Bonchev–Trinajstić information content (AvgIpc) is 2.61. The summed E-state index contributed by atoms with van der Waals surface area (Å²) in [6.07, 6.45) is 1.26. The zero-order valence-corrected chi connectivity index (χ0v) is 17.0. The molecule has 0 fully saturated rings. The average molecular weight is 432 g/mol. The van der Waals surface area contributed by atoms with E-state index < -0.39 is 0 Å². The van der Waals surface area contributed by atoms with E-state index in [9.17, 15) is 15.0 Å². The number of aromatic hydroxyl groups is 2. The van der Waals surface area contributed by atoms with Crippen LogP contribution in [0.2, 0.25) is 10.0 Å². The summed E-state index contributed by atoms with van der Waals surface area (Å²) >= 11 is 14.9. The standard InChI is InChI=1S/C18H19Cl2NO3S2/c19-14-10-12(2-4-16(14)22)25-8-1-7-21-18(24)6-9-26-13-3-5-17(23)15(20)11-13/h2-5,10-11,22-23H,1,6-9H2,(H,21,24). The Morgan fingerprint density at radius 2 is 1.46 bits per heavy atom. The first-order chi connectivity index (χ1) is 12.5. The van der Waals surface area contributed by atoms with Gasteiger partial charge in [-0.25, -0.2) is 0 Å². The van der Waals surface area contributed by atoms with Gasteiger partial charge < -0.3 is 15.5 Å². The molecule has 2 rings (SSSR count). The van der Waals surface area contributed by atoms with Crippen molar-refractivity contribution in [3.05, 3.63) is 46.4 Å². The number of carbonyl (C=O) groups is 1. The molecule has 140 valence electrons. The summed E-state index contributed by atoms with van der Waals surface area (Å²) in [7, 11) is 0. The highest BCUT2D eigenvalue weighted by molar-refractivity contribution is 7.99. The molecule has 0 saturated heterocycles. The van der Waals surface area contributed by atoms with Crippen molar-refractivity contribution >= 4 is 52.6 Å². The predicted molar refractivity (Wildman–Crippen MR) is 110 cm³/mol. The van der Waals surface area contributed by atoms with Crippen molar-refractivity contribution in [3.8, 4) is 11.5 Å². The van der Waals surface area contributed by atoms with Gasteiger partial charge in [-0.2, -0.15) is 0 Å². The number of hydrogen-bond donors (Lipinski definition) is 3. The molecule has 0 unspecified atom stereocenters. The van der Waals surface area contributed by atoms with Gasteiger partial charge in [-0.3, -0.25) is 4.79 Å². The van der Waals surface area contributed by atoms with Crippen molar-refractivity contribution in [1.82, 2.24) is 5.32 Å². The molecule has 0 atom stereocenters. The van der Waals surface area contributed by atoms with E-state index in [4.69, 9.17) is 23.2 Å². The number of amides is 1. The van der Waals surface area contributed by atoms with Crippen LogP contribution in [0.5, 0.6) is 11.5 Å². The lowest BCUT2D eigenvalue weighted by atomic mass is 10.3. The maximum Gasteiger partial charge on any atom is 0.220 e. The maximum absolute atomic E-state index is 11.8. The van der Waals surface area contributed by atoms with Gasteiger partial charge >= 0.3 is 0 Å². The molecule has 8 heteroatoms. The lowest BCUT2D eigenvalue weighted by molar-refractivity contribution is -0.120. The number of rotatable bonds is 9. The van der Waals surface area contributed by atoms with Crippen molar-refractivity contribution in [1.29, 1.82) is 0 Å². The lowest BCUT2D eigenvalue weighted by Crippen LogP contribution is -2.24. The molecule has 0 heterocycles. The maximum atomic E-state index is 11.8. The SMILES string of the molecule is O=C(CCSc1ccc(O)c(Cl)c1)NCCCSc1ccc(O)c(Cl)c1. The van der Waals surface area contributed by atoms with Crippen LogP contribution in [-0.4, -0.2) is 34.2 Å². The smallest absolute Gasteiger partial charge is 0.220 e.